The van der Waals surface area contributed by atoms with Gasteiger partial charge in [0.2, 0.25) is 0 Å². The smallest absolute Gasteiger partial charge is 0.147 e. The van der Waals surface area contributed by atoms with Crippen LogP contribution in [0.1, 0.15) is 51.2 Å². The molecule has 0 radical (unpaired) electrons. The van der Waals surface area contributed by atoms with Gasteiger partial charge in [-0.05, 0) is 58.5 Å². The van der Waals surface area contributed by atoms with Gasteiger partial charge in [-0.3, -0.25) is 4.90 Å². The summed E-state index contributed by atoms with van der Waals surface area (Å²) in [6.07, 6.45) is 6.30. The van der Waals surface area contributed by atoms with Gasteiger partial charge < -0.3 is 9.88 Å². The van der Waals surface area contributed by atoms with E-state index in [-0.39, 0.29) is 0 Å². The Hall–Kier alpha value is -0.940. The summed E-state index contributed by atoms with van der Waals surface area (Å²) in [5, 5.41) is 12.4. The third-order valence-electron chi connectivity index (χ3n) is 4.90. The number of nitrogens with one attached hydrogen (secondary N) is 1. The zero-order valence-electron chi connectivity index (χ0n) is 13.5. The van der Waals surface area contributed by atoms with E-state index in [1.54, 1.807) is 0 Å². The second-order valence-corrected chi connectivity index (χ2v) is 6.88. The highest BCUT2D eigenvalue weighted by Crippen LogP contribution is 2.18. The van der Waals surface area contributed by atoms with Gasteiger partial charge in [-0.25, -0.2) is 0 Å². The van der Waals surface area contributed by atoms with E-state index in [9.17, 15) is 0 Å². The van der Waals surface area contributed by atoms with E-state index in [0.29, 0.717) is 6.04 Å². The first kappa shape index (κ1) is 15.0. The van der Waals surface area contributed by atoms with E-state index in [4.69, 9.17) is 0 Å². The van der Waals surface area contributed by atoms with Crippen LogP contribution < -0.4 is 5.32 Å². The standard InChI is InChI=1S/C16H29N5/c1-13(2)20(11-14-6-5-8-17-10-14)12-16-19-18-15-7-3-4-9-21(15)16/h13-14,17H,3-12H2,1-2H3. The number of nitrogens with zero attached hydrogens (tertiary/aromatic N) is 4. The van der Waals surface area contributed by atoms with Crippen molar-refractivity contribution in [2.45, 2.75) is 65.1 Å². The Morgan fingerprint density at radius 3 is 2.95 bits per heavy atom. The Morgan fingerprint density at radius 2 is 2.19 bits per heavy atom. The second-order valence-electron chi connectivity index (χ2n) is 6.88. The summed E-state index contributed by atoms with van der Waals surface area (Å²) < 4.78 is 2.36. The molecule has 118 valence electrons. The van der Waals surface area contributed by atoms with Gasteiger partial charge in [0.25, 0.3) is 0 Å². The van der Waals surface area contributed by atoms with Crippen molar-refractivity contribution < 1.29 is 0 Å². The minimum atomic E-state index is 0.559. The summed E-state index contributed by atoms with van der Waals surface area (Å²) in [6, 6.07) is 0.559. The fourth-order valence-electron chi connectivity index (χ4n) is 3.54. The number of piperidine rings is 1. The summed E-state index contributed by atoms with van der Waals surface area (Å²) in [4.78, 5) is 2.57. The van der Waals surface area contributed by atoms with Crippen LogP contribution in [-0.4, -0.2) is 45.3 Å². The summed E-state index contributed by atoms with van der Waals surface area (Å²) >= 11 is 0. The highest BCUT2D eigenvalue weighted by atomic mass is 15.3. The predicted octanol–water partition coefficient (Wildman–Crippen LogP) is 1.82. The van der Waals surface area contributed by atoms with Crippen LogP contribution >= 0.6 is 0 Å². The third-order valence-corrected chi connectivity index (χ3v) is 4.90. The summed E-state index contributed by atoms with van der Waals surface area (Å²) in [7, 11) is 0. The normalized spacial score (nSPS) is 22.8. The molecular formula is C16H29N5. The molecule has 21 heavy (non-hydrogen) atoms. The van der Waals surface area contributed by atoms with Crippen LogP contribution in [0.3, 0.4) is 0 Å². The molecule has 3 heterocycles. The van der Waals surface area contributed by atoms with Crippen molar-refractivity contribution in [1.29, 1.82) is 0 Å². The summed E-state index contributed by atoms with van der Waals surface area (Å²) in [5.74, 6) is 3.14. The number of hydrogen-bond donors (Lipinski definition) is 1. The van der Waals surface area contributed by atoms with E-state index < -0.39 is 0 Å². The van der Waals surface area contributed by atoms with Gasteiger partial charge in [-0.1, -0.05) is 0 Å². The molecule has 0 aromatic carbocycles. The fourth-order valence-corrected chi connectivity index (χ4v) is 3.54. The lowest BCUT2D eigenvalue weighted by molar-refractivity contribution is 0.158. The lowest BCUT2D eigenvalue weighted by Gasteiger charge is -2.32. The van der Waals surface area contributed by atoms with Crippen molar-refractivity contribution in [2.75, 3.05) is 19.6 Å². The molecule has 5 nitrogen and oxygen atoms in total. The molecule has 2 aliphatic rings. The maximum Gasteiger partial charge on any atom is 0.147 e. The zero-order chi connectivity index (χ0) is 14.7. The van der Waals surface area contributed by atoms with Crippen molar-refractivity contribution in [3.63, 3.8) is 0 Å². The van der Waals surface area contributed by atoms with E-state index in [1.165, 1.54) is 57.0 Å². The average Bonchev–Trinajstić information content (AvgIpc) is 2.91. The molecule has 1 fully saturated rings. The molecule has 0 aliphatic carbocycles. The molecule has 2 aliphatic heterocycles. The Bertz CT molecular complexity index is 448. The lowest BCUT2D eigenvalue weighted by Crippen LogP contribution is -2.41. The van der Waals surface area contributed by atoms with Crippen LogP contribution in [0.4, 0.5) is 0 Å². The van der Waals surface area contributed by atoms with Crippen LogP contribution in [0.15, 0.2) is 0 Å². The Balaban J connectivity index is 1.65. The lowest BCUT2D eigenvalue weighted by atomic mass is 9.98. The van der Waals surface area contributed by atoms with Gasteiger partial charge >= 0.3 is 0 Å². The monoisotopic (exact) mass is 291 g/mol. The molecular weight excluding hydrogens is 262 g/mol. The molecule has 5 heteroatoms. The molecule has 1 aromatic rings. The molecule has 0 amide bonds. The van der Waals surface area contributed by atoms with Gasteiger partial charge in [0.15, 0.2) is 0 Å². The number of aromatic nitrogens is 3. The zero-order valence-corrected chi connectivity index (χ0v) is 13.5. The maximum absolute atomic E-state index is 4.47. The van der Waals surface area contributed by atoms with Crippen molar-refractivity contribution in [2.24, 2.45) is 5.92 Å². The minimum absolute atomic E-state index is 0.559. The maximum atomic E-state index is 4.47. The van der Waals surface area contributed by atoms with E-state index in [2.05, 4.69) is 38.8 Å². The van der Waals surface area contributed by atoms with Gasteiger partial charge in [-0.15, -0.1) is 10.2 Å². The molecule has 3 rings (SSSR count). The number of rotatable bonds is 5. The molecule has 1 saturated heterocycles. The molecule has 1 N–H and O–H groups in total. The van der Waals surface area contributed by atoms with Crippen molar-refractivity contribution in [1.82, 2.24) is 25.0 Å². The number of hydrogen-bond acceptors (Lipinski definition) is 4. The first-order valence-corrected chi connectivity index (χ1v) is 8.59. The van der Waals surface area contributed by atoms with Crippen molar-refractivity contribution in [3.05, 3.63) is 11.6 Å². The van der Waals surface area contributed by atoms with Crippen LogP contribution in [0, 0.1) is 5.92 Å². The van der Waals surface area contributed by atoms with Gasteiger partial charge in [0, 0.05) is 25.6 Å². The highest BCUT2D eigenvalue weighted by molar-refractivity contribution is 4.99. The number of aryl methyl sites for hydroxylation is 1. The first-order chi connectivity index (χ1) is 10.2. The Kier molecular flexibility index (Phi) is 4.91. The SMILES string of the molecule is CC(C)N(Cc1nnc2n1CCCC2)CC1CCCNC1. The first-order valence-electron chi connectivity index (χ1n) is 8.59. The van der Waals surface area contributed by atoms with Crippen molar-refractivity contribution >= 4 is 0 Å². The molecule has 1 aromatic heterocycles. The van der Waals surface area contributed by atoms with Crippen LogP contribution in [-0.2, 0) is 19.5 Å². The molecule has 1 atom stereocenters. The highest BCUT2D eigenvalue weighted by Gasteiger charge is 2.22. The minimum Gasteiger partial charge on any atom is -0.316 e. The van der Waals surface area contributed by atoms with Gasteiger partial charge in [0.05, 0.1) is 6.54 Å². The Labute approximate surface area is 128 Å². The average molecular weight is 291 g/mol. The third kappa shape index (κ3) is 3.64. The van der Waals surface area contributed by atoms with Crippen molar-refractivity contribution in [3.8, 4) is 0 Å². The summed E-state index contributed by atoms with van der Waals surface area (Å²) in [5.41, 5.74) is 0. The number of fused-ring (bicyclic) bond motifs is 1. The van der Waals surface area contributed by atoms with E-state index in [1.807, 2.05) is 0 Å². The molecule has 1 unspecified atom stereocenters. The molecule has 0 bridgehead atoms. The molecule has 0 spiro atoms. The van der Waals surface area contributed by atoms with E-state index >= 15 is 0 Å². The van der Waals surface area contributed by atoms with Gasteiger partial charge in [0.1, 0.15) is 11.6 Å². The predicted molar refractivity (Wildman–Crippen MR) is 84.1 cm³/mol. The topological polar surface area (TPSA) is 46.0 Å². The second kappa shape index (κ2) is 6.88. The summed E-state index contributed by atoms with van der Waals surface area (Å²) in [6.45, 7) is 10.2. The quantitative estimate of drug-likeness (QED) is 0.899. The Morgan fingerprint density at radius 1 is 1.29 bits per heavy atom. The molecule has 0 saturated carbocycles. The fraction of sp³-hybridized carbons (Fsp3) is 0.875. The van der Waals surface area contributed by atoms with Gasteiger partial charge in [-0.2, -0.15) is 0 Å². The van der Waals surface area contributed by atoms with Crippen LogP contribution in [0.2, 0.25) is 0 Å². The van der Waals surface area contributed by atoms with E-state index in [0.717, 1.165) is 25.4 Å². The largest absolute Gasteiger partial charge is 0.316 e. The van der Waals surface area contributed by atoms with Crippen LogP contribution in [0.5, 0.6) is 0 Å². The van der Waals surface area contributed by atoms with Crippen LogP contribution in [0.25, 0.3) is 0 Å².